The molecule has 2 aromatic rings. The predicted octanol–water partition coefficient (Wildman–Crippen LogP) is 18.2. The van der Waals surface area contributed by atoms with Crippen molar-refractivity contribution in [3.8, 4) is 0 Å². The number of hydrogen-bond acceptors (Lipinski definition) is 19. The van der Waals surface area contributed by atoms with Crippen LogP contribution in [0.4, 0.5) is 62.0 Å². The van der Waals surface area contributed by atoms with Gasteiger partial charge < -0.3 is 78.1 Å². The van der Waals surface area contributed by atoms with Gasteiger partial charge in [0.15, 0.2) is 11.4 Å². The average molecular weight is 1650 g/mol. The van der Waals surface area contributed by atoms with Crippen molar-refractivity contribution in [1.29, 1.82) is 0 Å². The first-order valence-electron chi connectivity index (χ1n) is 41.8. The summed E-state index contributed by atoms with van der Waals surface area (Å²) >= 11 is 0. The van der Waals surface area contributed by atoms with Crippen LogP contribution in [0.5, 0.6) is 0 Å². The minimum Gasteiger partial charge on any atom is -0.446 e. The Morgan fingerprint density at radius 1 is 0.421 bits per heavy atom. The van der Waals surface area contributed by atoms with Gasteiger partial charge in [0.1, 0.15) is 41.1 Å². The van der Waals surface area contributed by atoms with Crippen LogP contribution in [-0.2, 0) is 36.0 Å². The van der Waals surface area contributed by atoms with Crippen LogP contribution in [0.2, 0.25) is 0 Å². The molecule has 0 radical (unpaired) electrons. The summed E-state index contributed by atoms with van der Waals surface area (Å²) in [6, 6.07) is -0.330. The van der Waals surface area contributed by atoms with Gasteiger partial charge in [-0.15, -0.1) is 12.4 Å². The smallest absolute Gasteiger partial charge is 0.434 e. The number of carbonyl (C=O) groups is 5. The van der Waals surface area contributed by atoms with Crippen molar-refractivity contribution in [2.75, 3.05) is 10.6 Å². The van der Waals surface area contributed by atoms with E-state index in [0.29, 0.717) is 65.3 Å². The molecule has 0 spiro atoms. The Morgan fingerprint density at radius 3 is 1.04 bits per heavy atom. The first-order valence-corrected chi connectivity index (χ1v) is 41.8. The normalized spacial score (nSPS) is 32.8. The number of nitrogens with one attached hydrogen (secondary N) is 7. The Labute approximate surface area is 681 Å². The summed E-state index contributed by atoms with van der Waals surface area (Å²) in [5.74, 6) is 5.08. The lowest BCUT2D eigenvalue weighted by molar-refractivity contribution is -0.142. The first-order chi connectivity index (χ1) is 52.2. The van der Waals surface area contributed by atoms with Gasteiger partial charge in [0.25, 0.3) is 0 Å². The fraction of sp³-hybridized carbons (Fsp3) is 0.843. The first kappa shape index (κ1) is 98.4. The predicted molar refractivity (Wildman–Crippen MR) is 434 cm³/mol. The third-order valence-electron chi connectivity index (χ3n) is 24.8. The summed E-state index contributed by atoms with van der Waals surface area (Å²) in [7, 11) is 0. The standard InChI is InChI=1S/C22H33F3N4O2.C22H40N2O4.C17H32N2O2.C11H15F3N4.C11H22N2O2.ClH/c1-13(2)15-8-7-14(3)10-16(15)31-20(30)28-17-6-5-9-21(17,4)29-19-12-26-18(11-27-19)22(23,24)25;1-14(2)16-11-10-15(3)13-17(16)27-19(25)23-18-9-8-12-22(18,7)24-20(26)28-21(4,5)6;1-11(2)13-8-7-12(3)10-14(13)21-16(20)19-15-6-5-9-17(15,4)18;1-10(4-2-3-7(10)15)18-9-6-16-8(5-17-9)11(12,13)14;1-10(2,3)15-9(14)13-11(4)7-5-6-8(11)12;/h11-17H,5-10H2,1-4H3,(H,27,29)(H,28,30);14-18H,8-13H2,1-7H3,(H,23,25)(H,24,26);11-15H,5-10,18H2,1-4H3,(H,19,20);5-7H,2-4,15H2,1H3,(H,17,18);8H,5-7,12H2,1-4H3,(H,13,14);1H/t14-,15+,16-,17+,21+;15-,16+,17-,18?,22?;12-,13+,14-,15?,17?;7-,10-;;/m1110../s1. The minimum atomic E-state index is -4.53. The van der Waals surface area contributed by atoms with E-state index < -0.39 is 58.2 Å². The van der Waals surface area contributed by atoms with E-state index in [1.54, 1.807) is 0 Å². The number of rotatable bonds is 15. The number of nitrogens with zero attached hydrogens (tertiary/aromatic N) is 4. The number of alkyl carbamates (subject to hydrolysis) is 5. The van der Waals surface area contributed by atoms with Crippen molar-refractivity contribution in [3.05, 3.63) is 36.2 Å². The summed E-state index contributed by atoms with van der Waals surface area (Å²) < 4.78 is 103. The molecule has 654 valence electrons. The molecule has 2 aromatic heterocycles. The van der Waals surface area contributed by atoms with E-state index in [0.717, 1.165) is 160 Å². The zero-order valence-corrected chi connectivity index (χ0v) is 72.7. The van der Waals surface area contributed by atoms with E-state index in [4.69, 9.17) is 40.9 Å². The monoisotopic (exact) mass is 1650 g/mol. The SMILES string of the molecule is CC(C)(C)OC(=O)NC1(C)CCCC1N.CC(C)[C@@H]1CC[C@@H](C)C[C@H]1OC(=O)NC1CCCC1(C)N.CC(C)[C@@H]1CC[C@@H](C)C[C@H]1OC(=O)NC1CCCC1(C)NC(=O)OC(C)(C)C.CC(C)[C@@H]1CC[C@@H](C)C[C@H]1OC(=O)N[C@H]1CCC[C@]1(C)Nc1cnc(C(F)(F)F)cn1.C[C@]1(Nc2cnc(C(F)(F)F)cn2)CCC[C@@H]1N.Cl. The van der Waals surface area contributed by atoms with Gasteiger partial charge in [-0.05, 0) is 264 Å². The highest BCUT2D eigenvalue weighted by Gasteiger charge is 2.47. The molecular formula is C83H143ClF6N14O10. The molecule has 8 aliphatic carbocycles. The zero-order chi connectivity index (χ0) is 84.6. The Kier molecular flexibility index (Phi) is 35.8. The molecule has 114 heavy (non-hydrogen) atoms. The molecule has 0 aromatic carbocycles. The van der Waals surface area contributed by atoms with Gasteiger partial charge in [-0.25, -0.2) is 43.9 Å². The maximum Gasteiger partial charge on any atom is 0.434 e. The molecular weight excluding hydrogens is 1500 g/mol. The van der Waals surface area contributed by atoms with Crippen LogP contribution >= 0.6 is 12.4 Å². The van der Waals surface area contributed by atoms with Gasteiger partial charge in [-0.2, -0.15) is 26.3 Å². The topological polar surface area (TPSA) is 345 Å². The molecule has 0 aliphatic heterocycles. The lowest BCUT2D eigenvalue weighted by atomic mass is 9.75. The number of halogens is 7. The van der Waals surface area contributed by atoms with Crippen molar-refractivity contribution in [1.82, 2.24) is 46.5 Å². The van der Waals surface area contributed by atoms with Crippen molar-refractivity contribution in [3.63, 3.8) is 0 Å². The van der Waals surface area contributed by atoms with E-state index in [1.165, 1.54) is 12.8 Å². The third kappa shape index (κ3) is 30.3. The highest BCUT2D eigenvalue weighted by Crippen LogP contribution is 2.42. The summed E-state index contributed by atoms with van der Waals surface area (Å²) in [5.41, 5.74) is 13.1. The number of hydrogen-bond donors (Lipinski definition) is 10. The molecule has 13 N–H and O–H groups in total. The molecule has 2 heterocycles. The zero-order valence-electron chi connectivity index (χ0n) is 71.9. The number of amides is 5. The molecule has 5 amide bonds. The van der Waals surface area contributed by atoms with E-state index in [9.17, 15) is 50.3 Å². The quantitative estimate of drug-likeness (QED) is 0.0585. The third-order valence-corrected chi connectivity index (χ3v) is 24.8. The Bertz CT molecular complexity index is 3340. The number of carbonyl (C=O) groups excluding carboxylic acids is 5. The second-order valence-corrected chi connectivity index (χ2v) is 38.3. The van der Waals surface area contributed by atoms with Gasteiger partial charge >= 0.3 is 42.8 Å². The van der Waals surface area contributed by atoms with Crippen LogP contribution in [0.25, 0.3) is 0 Å². The van der Waals surface area contributed by atoms with Crippen LogP contribution in [0.3, 0.4) is 0 Å². The largest absolute Gasteiger partial charge is 0.446 e. The Balaban J connectivity index is 0.000000260. The number of alkyl halides is 6. The van der Waals surface area contributed by atoms with Gasteiger partial charge in [-0.1, -0.05) is 81.6 Å². The maximum atomic E-state index is 12.7. The molecule has 24 nitrogen and oxygen atoms in total. The molecule has 0 saturated heterocycles. The van der Waals surface area contributed by atoms with Crippen molar-refractivity contribution >= 4 is 54.5 Å². The highest BCUT2D eigenvalue weighted by atomic mass is 35.5. The molecule has 8 saturated carbocycles. The second-order valence-electron chi connectivity index (χ2n) is 38.3. The molecule has 0 bridgehead atoms. The van der Waals surface area contributed by atoms with Gasteiger partial charge in [0.2, 0.25) is 0 Å². The van der Waals surface area contributed by atoms with Gasteiger partial charge in [0, 0.05) is 23.7 Å². The molecule has 8 aliphatic rings. The summed E-state index contributed by atoms with van der Waals surface area (Å²) in [6.45, 7) is 40.8. The van der Waals surface area contributed by atoms with Crippen LogP contribution in [0, 0.1) is 53.3 Å². The van der Waals surface area contributed by atoms with Crippen molar-refractivity contribution in [2.24, 2.45) is 70.5 Å². The summed E-state index contributed by atoms with van der Waals surface area (Å²) in [6.07, 6.45) is 16.0. The Hall–Kier alpha value is -6.14. The Morgan fingerprint density at radius 2 is 0.728 bits per heavy atom. The lowest BCUT2D eigenvalue weighted by Gasteiger charge is -2.38. The van der Waals surface area contributed by atoms with E-state index in [1.807, 2.05) is 76.2 Å². The van der Waals surface area contributed by atoms with E-state index >= 15 is 0 Å². The van der Waals surface area contributed by atoms with Crippen LogP contribution in [0.15, 0.2) is 24.8 Å². The van der Waals surface area contributed by atoms with Crippen molar-refractivity contribution < 1.29 is 74.0 Å². The molecule has 8 fully saturated rings. The number of anilines is 2. The van der Waals surface area contributed by atoms with Crippen LogP contribution in [-0.4, -0.2) is 138 Å². The van der Waals surface area contributed by atoms with E-state index in [-0.39, 0.29) is 102 Å². The number of ether oxygens (including phenoxy) is 5. The number of aromatic nitrogens is 4. The van der Waals surface area contributed by atoms with E-state index in [2.05, 4.69) is 119 Å². The van der Waals surface area contributed by atoms with Gasteiger partial charge in [-0.3, -0.25) is 0 Å². The fourth-order valence-corrected chi connectivity index (χ4v) is 17.6. The van der Waals surface area contributed by atoms with Crippen molar-refractivity contribution in [2.45, 2.75) is 392 Å². The average Bonchev–Trinajstić information content (AvgIpc) is 1.80. The fourth-order valence-electron chi connectivity index (χ4n) is 17.6. The maximum absolute atomic E-state index is 12.7. The molecule has 10 rings (SSSR count). The summed E-state index contributed by atoms with van der Waals surface area (Å²) in [5, 5.41) is 21.1. The minimum absolute atomic E-state index is 0. The second kappa shape index (κ2) is 41.5. The molecule has 31 heteroatoms. The number of nitrogens with two attached hydrogens (primary N) is 3. The highest BCUT2D eigenvalue weighted by molar-refractivity contribution is 5.85. The lowest BCUT2D eigenvalue weighted by Crippen LogP contribution is -2.58. The van der Waals surface area contributed by atoms with Crippen LogP contribution < -0.4 is 54.4 Å². The molecule has 6 unspecified atom stereocenters. The summed E-state index contributed by atoms with van der Waals surface area (Å²) in [4.78, 5) is 75.9. The van der Waals surface area contributed by atoms with Crippen LogP contribution in [0.1, 0.15) is 304 Å². The van der Waals surface area contributed by atoms with Gasteiger partial charge in [0.05, 0.1) is 59.0 Å². The molecule has 19 atom stereocenters.